The zero-order valence-corrected chi connectivity index (χ0v) is 11.8. The SMILES string of the molecule is CCN(CC)c1nc(N)nc(N2CCC(C)(O)C2)n1. The first-order valence-corrected chi connectivity index (χ1v) is 6.69. The van der Waals surface area contributed by atoms with Crippen LogP contribution < -0.4 is 15.5 Å². The molecule has 7 nitrogen and oxygen atoms in total. The van der Waals surface area contributed by atoms with Gasteiger partial charge in [-0.2, -0.15) is 15.0 Å². The number of hydrogen-bond donors (Lipinski definition) is 2. The summed E-state index contributed by atoms with van der Waals surface area (Å²) in [6.45, 7) is 8.80. The van der Waals surface area contributed by atoms with E-state index < -0.39 is 5.60 Å². The second-order valence-electron chi connectivity index (χ2n) is 5.13. The summed E-state index contributed by atoms with van der Waals surface area (Å²) in [5.41, 5.74) is 5.08. The Morgan fingerprint density at radius 2 is 2.00 bits per heavy atom. The van der Waals surface area contributed by atoms with Gasteiger partial charge >= 0.3 is 0 Å². The lowest BCUT2D eigenvalue weighted by Gasteiger charge is -2.22. The maximum atomic E-state index is 10.0. The molecule has 1 saturated heterocycles. The average molecular weight is 266 g/mol. The summed E-state index contributed by atoms with van der Waals surface area (Å²) in [5, 5.41) is 10.0. The fourth-order valence-corrected chi connectivity index (χ4v) is 2.27. The highest BCUT2D eigenvalue weighted by Crippen LogP contribution is 2.25. The van der Waals surface area contributed by atoms with Crippen molar-refractivity contribution in [3.05, 3.63) is 0 Å². The van der Waals surface area contributed by atoms with Crippen molar-refractivity contribution < 1.29 is 5.11 Å². The minimum atomic E-state index is -0.684. The molecule has 1 unspecified atom stereocenters. The van der Waals surface area contributed by atoms with Crippen molar-refractivity contribution in [3.63, 3.8) is 0 Å². The fourth-order valence-electron chi connectivity index (χ4n) is 2.27. The van der Waals surface area contributed by atoms with Crippen LogP contribution in [0, 0.1) is 0 Å². The molecule has 1 aromatic heterocycles. The van der Waals surface area contributed by atoms with E-state index in [1.54, 1.807) is 0 Å². The molecule has 2 heterocycles. The third-order valence-electron chi connectivity index (χ3n) is 3.41. The van der Waals surface area contributed by atoms with Gasteiger partial charge in [-0.15, -0.1) is 0 Å². The number of nitrogens with two attached hydrogens (primary N) is 1. The third-order valence-corrected chi connectivity index (χ3v) is 3.41. The van der Waals surface area contributed by atoms with E-state index in [2.05, 4.69) is 15.0 Å². The molecular formula is C12H22N6O. The van der Waals surface area contributed by atoms with Crippen molar-refractivity contribution in [1.29, 1.82) is 0 Å². The van der Waals surface area contributed by atoms with E-state index in [1.807, 2.05) is 30.6 Å². The highest BCUT2D eigenvalue weighted by molar-refractivity contribution is 5.44. The smallest absolute Gasteiger partial charge is 0.232 e. The zero-order valence-electron chi connectivity index (χ0n) is 11.8. The van der Waals surface area contributed by atoms with Gasteiger partial charge in [0.2, 0.25) is 17.8 Å². The van der Waals surface area contributed by atoms with Crippen LogP contribution in [-0.4, -0.2) is 51.8 Å². The molecule has 106 valence electrons. The predicted molar refractivity (Wildman–Crippen MR) is 75.3 cm³/mol. The molecule has 1 fully saturated rings. The van der Waals surface area contributed by atoms with Crippen molar-refractivity contribution in [2.45, 2.75) is 32.8 Å². The van der Waals surface area contributed by atoms with Crippen LogP contribution >= 0.6 is 0 Å². The van der Waals surface area contributed by atoms with Gasteiger partial charge in [0.15, 0.2) is 0 Å². The Balaban J connectivity index is 2.27. The normalized spacial score (nSPS) is 22.8. The molecule has 0 amide bonds. The molecule has 1 aliphatic rings. The van der Waals surface area contributed by atoms with E-state index in [9.17, 15) is 5.11 Å². The standard InChI is InChI=1S/C12H22N6O/c1-4-17(5-2)10-14-9(13)15-11(16-10)18-7-6-12(3,19)8-18/h19H,4-8H2,1-3H3,(H2,13,14,15,16). The van der Waals surface area contributed by atoms with E-state index in [0.717, 1.165) is 19.6 Å². The van der Waals surface area contributed by atoms with Gasteiger partial charge in [-0.25, -0.2) is 0 Å². The number of anilines is 3. The molecule has 0 bridgehead atoms. The Kier molecular flexibility index (Phi) is 3.75. The number of rotatable bonds is 4. The fraction of sp³-hybridized carbons (Fsp3) is 0.750. The molecule has 0 aromatic carbocycles. The van der Waals surface area contributed by atoms with Gasteiger partial charge in [-0.3, -0.25) is 0 Å². The van der Waals surface area contributed by atoms with Crippen LogP contribution in [0.2, 0.25) is 0 Å². The third kappa shape index (κ3) is 3.04. The van der Waals surface area contributed by atoms with Crippen molar-refractivity contribution in [2.75, 3.05) is 41.7 Å². The molecule has 0 aliphatic carbocycles. The zero-order chi connectivity index (χ0) is 14.0. The Bertz CT molecular complexity index is 446. The topological polar surface area (TPSA) is 91.4 Å². The summed E-state index contributed by atoms with van der Waals surface area (Å²) in [6, 6.07) is 0. The maximum absolute atomic E-state index is 10.0. The number of nitrogens with zero attached hydrogens (tertiary/aromatic N) is 5. The number of aliphatic hydroxyl groups is 1. The molecule has 0 radical (unpaired) electrons. The maximum Gasteiger partial charge on any atom is 0.232 e. The van der Waals surface area contributed by atoms with Crippen LogP contribution in [0.25, 0.3) is 0 Å². The number of β-amino-alcohol motifs (C(OH)–C–C–N with tert-alkyl or cyclic N) is 1. The van der Waals surface area contributed by atoms with Crippen LogP contribution in [0.15, 0.2) is 0 Å². The second-order valence-corrected chi connectivity index (χ2v) is 5.13. The number of aromatic nitrogens is 3. The van der Waals surface area contributed by atoms with Crippen molar-refractivity contribution >= 4 is 17.8 Å². The Hall–Kier alpha value is -1.63. The Morgan fingerprint density at radius 3 is 2.53 bits per heavy atom. The largest absolute Gasteiger partial charge is 0.388 e. The summed E-state index contributed by atoms with van der Waals surface area (Å²) < 4.78 is 0. The van der Waals surface area contributed by atoms with Gasteiger partial charge < -0.3 is 20.6 Å². The summed E-state index contributed by atoms with van der Waals surface area (Å²) in [5.74, 6) is 1.37. The van der Waals surface area contributed by atoms with E-state index in [4.69, 9.17) is 5.73 Å². The number of nitrogen functional groups attached to an aromatic ring is 1. The van der Waals surface area contributed by atoms with Gasteiger partial charge in [0, 0.05) is 26.2 Å². The van der Waals surface area contributed by atoms with E-state index in [-0.39, 0.29) is 5.95 Å². The van der Waals surface area contributed by atoms with Gasteiger partial charge in [0.05, 0.1) is 5.60 Å². The molecule has 1 aliphatic heterocycles. The van der Waals surface area contributed by atoms with Crippen molar-refractivity contribution in [2.24, 2.45) is 0 Å². The van der Waals surface area contributed by atoms with Gasteiger partial charge in [0.25, 0.3) is 0 Å². The van der Waals surface area contributed by atoms with Crippen LogP contribution in [0.1, 0.15) is 27.2 Å². The lowest BCUT2D eigenvalue weighted by molar-refractivity contribution is 0.0838. The first-order valence-electron chi connectivity index (χ1n) is 6.69. The molecule has 19 heavy (non-hydrogen) atoms. The molecule has 1 atom stereocenters. The molecular weight excluding hydrogens is 244 g/mol. The van der Waals surface area contributed by atoms with Crippen molar-refractivity contribution in [3.8, 4) is 0 Å². The summed E-state index contributed by atoms with van der Waals surface area (Å²) in [4.78, 5) is 16.8. The average Bonchev–Trinajstić information content (AvgIpc) is 2.71. The molecule has 0 saturated carbocycles. The molecule has 7 heteroatoms. The van der Waals surface area contributed by atoms with Crippen LogP contribution in [0.4, 0.5) is 17.8 Å². The molecule has 3 N–H and O–H groups in total. The second kappa shape index (κ2) is 5.16. The summed E-state index contributed by atoms with van der Waals surface area (Å²) in [7, 11) is 0. The Labute approximate surface area is 113 Å². The minimum absolute atomic E-state index is 0.221. The highest BCUT2D eigenvalue weighted by atomic mass is 16.3. The first kappa shape index (κ1) is 13.8. The predicted octanol–water partition coefficient (Wildman–Crippen LogP) is 0.261. The van der Waals surface area contributed by atoms with Gasteiger partial charge in [-0.1, -0.05) is 0 Å². The van der Waals surface area contributed by atoms with Gasteiger partial charge in [0.1, 0.15) is 0 Å². The summed E-state index contributed by atoms with van der Waals surface area (Å²) in [6.07, 6.45) is 0.708. The highest BCUT2D eigenvalue weighted by Gasteiger charge is 2.33. The van der Waals surface area contributed by atoms with Crippen molar-refractivity contribution in [1.82, 2.24) is 15.0 Å². The lowest BCUT2D eigenvalue weighted by Crippen LogP contribution is -2.32. The quantitative estimate of drug-likeness (QED) is 0.807. The minimum Gasteiger partial charge on any atom is -0.388 e. The molecule has 2 rings (SSSR count). The van der Waals surface area contributed by atoms with E-state index in [0.29, 0.717) is 24.9 Å². The van der Waals surface area contributed by atoms with Crippen LogP contribution in [-0.2, 0) is 0 Å². The lowest BCUT2D eigenvalue weighted by atomic mass is 10.1. The van der Waals surface area contributed by atoms with E-state index in [1.165, 1.54) is 0 Å². The van der Waals surface area contributed by atoms with Crippen LogP contribution in [0.3, 0.4) is 0 Å². The monoisotopic (exact) mass is 266 g/mol. The van der Waals surface area contributed by atoms with Gasteiger partial charge in [-0.05, 0) is 27.2 Å². The van der Waals surface area contributed by atoms with Crippen LogP contribution in [0.5, 0.6) is 0 Å². The van der Waals surface area contributed by atoms with E-state index >= 15 is 0 Å². The Morgan fingerprint density at radius 1 is 1.32 bits per heavy atom. The number of hydrogen-bond acceptors (Lipinski definition) is 7. The molecule has 1 aromatic rings. The summed E-state index contributed by atoms with van der Waals surface area (Å²) >= 11 is 0. The first-order chi connectivity index (χ1) is 8.95. The molecule has 0 spiro atoms.